The van der Waals surface area contributed by atoms with Crippen LogP contribution in [0.4, 0.5) is 4.39 Å². The first-order chi connectivity index (χ1) is 6.20. The molecule has 0 saturated carbocycles. The van der Waals surface area contributed by atoms with Gasteiger partial charge in [0, 0.05) is 12.3 Å². The molecule has 0 radical (unpaired) electrons. The van der Waals surface area contributed by atoms with Crippen molar-refractivity contribution in [3.05, 3.63) is 33.1 Å². The number of H-pyrrole nitrogens is 2. The van der Waals surface area contributed by atoms with E-state index in [-0.39, 0.29) is 12.2 Å². The second kappa shape index (κ2) is 7.27. The summed E-state index contributed by atoms with van der Waals surface area (Å²) in [7, 11) is 0. The molecule has 1 aromatic heterocycles. The Balaban J connectivity index is 0.000000252. The third-order valence-electron chi connectivity index (χ3n) is 1.17. The van der Waals surface area contributed by atoms with Crippen molar-refractivity contribution in [2.24, 2.45) is 0 Å². The molecule has 0 spiro atoms. The van der Waals surface area contributed by atoms with Crippen molar-refractivity contribution in [1.82, 2.24) is 9.97 Å². The summed E-state index contributed by atoms with van der Waals surface area (Å²) in [5.41, 5.74) is -0.855. The van der Waals surface area contributed by atoms with Gasteiger partial charge in [0.1, 0.15) is 0 Å². The summed E-state index contributed by atoms with van der Waals surface area (Å²) >= 11 is 0. The number of nitrogens with one attached hydrogen (secondary N) is 2. The fraction of sp³-hybridized carbons (Fsp3) is 0.500. The number of aromatic amines is 2. The zero-order chi connectivity index (χ0) is 10.1. The van der Waals surface area contributed by atoms with E-state index in [9.17, 15) is 14.0 Å². The lowest BCUT2D eigenvalue weighted by Gasteiger charge is -1.76. The normalized spacial score (nSPS) is 8.77. The van der Waals surface area contributed by atoms with Crippen LogP contribution in [0.15, 0.2) is 21.9 Å². The molecule has 5 heteroatoms. The minimum absolute atomic E-state index is 0.156. The lowest BCUT2D eigenvalue weighted by Crippen LogP contribution is -2.19. The van der Waals surface area contributed by atoms with Crippen molar-refractivity contribution in [2.75, 3.05) is 6.67 Å². The van der Waals surface area contributed by atoms with E-state index in [1.54, 1.807) is 0 Å². The predicted octanol–water partition coefficient (Wildman–Crippen LogP) is 0.819. The van der Waals surface area contributed by atoms with Crippen molar-refractivity contribution in [3.63, 3.8) is 0 Å². The first-order valence-electron chi connectivity index (χ1n) is 4.04. The van der Waals surface area contributed by atoms with Crippen LogP contribution in [0.2, 0.25) is 0 Å². The number of hydrogen-bond donors (Lipinski definition) is 2. The average Bonchev–Trinajstić information content (AvgIpc) is 2.06. The Kier molecular flexibility index (Phi) is 6.49. The van der Waals surface area contributed by atoms with Crippen molar-refractivity contribution in [3.8, 4) is 0 Å². The van der Waals surface area contributed by atoms with Gasteiger partial charge in [0.05, 0.1) is 6.67 Å². The van der Waals surface area contributed by atoms with Gasteiger partial charge in [-0.2, -0.15) is 0 Å². The van der Waals surface area contributed by atoms with E-state index < -0.39 is 5.69 Å². The summed E-state index contributed by atoms with van der Waals surface area (Å²) in [6, 6.07) is 1.24. The first-order valence-corrected chi connectivity index (χ1v) is 4.04. The van der Waals surface area contributed by atoms with Gasteiger partial charge in [0.15, 0.2) is 0 Å². The molecule has 13 heavy (non-hydrogen) atoms. The lowest BCUT2D eigenvalue weighted by atomic mass is 10.4. The van der Waals surface area contributed by atoms with Crippen LogP contribution in [-0.2, 0) is 0 Å². The molecule has 0 unspecified atom stereocenters. The molecule has 0 atom stereocenters. The monoisotopic (exact) mass is 188 g/mol. The van der Waals surface area contributed by atoms with Crippen LogP contribution in [0, 0.1) is 0 Å². The number of halogens is 1. The highest BCUT2D eigenvalue weighted by molar-refractivity contribution is 4.77. The second-order valence-corrected chi connectivity index (χ2v) is 2.34. The summed E-state index contributed by atoms with van der Waals surface area (Å²) in [5, 5.41) is 0. The van der Waals surface area contributed by atoms with E-state index in [0.29, 0.717) is 0 Å². The Morgan fingerprint density at radius 2 is 2.15 bits per heavy atom. The molecular formula is C8H13FN2O2. The van der Waals surface area contributed by atoms with Gasteiger partial charge in [-0.25, -0.2) is 4.79 Å². The Bertz CT molecular complexity index is 291. The average molecular weight is 188 g/mol. The highest BCUT2D eigenvalue weighted by Crippen LogP contribution is 1.83. The van der Waals surface area contributed by atoms with Gasteiger partial charge in [-0.15, -0.1) is 0 Å². The molecule has 0 aromatic carbocycles. The molecule has 2 N–H and O–H groups in total. The maximum atomic E-state index is 11.0. The third-order valence-corrected chi connectivity index (χ3v) is 1.17. The Hall–Kier alpha value is -1.39. The molecule has 1 heterocycles. The number of aromatic nitrogens is 2. The van der Waals surface area contributed by atoms with Crippen LogP contribution in [0.5, 0.6) is 0 Å². The summed E-state index contributed by atoms with van der Waals surface area (Å²) in [6.07, 6.45) is 2.98. The standard InChI is InChI=1S/C4H9F.C4H4N2O2/c1-2-3-4-5;7-3-1-2-5-4(8)6-3/h2-4H2,1H3;1-2H,(H2,5,6,7,8). The van der Waals surface area contributed by atoms with Gasteiger partial charge in [-0.05, 0) is 6.42 Å². The first kappa shape index (κ1) is 11.6. The molecule has 0 aliphatic rings. The van der Waals surface area contributed by atoms with Gasteiger partial charge in [-0.1, -0.05) is 13.3 Å². The Morgan fingerprint density at radius 3 is 2.38 bits per heavy atom. The molecule has 1 aromatic rings. The van der Waals surface area contributed by atoms with E-state index in [4.69, 9.17) is 0 Å². The largest absolute Gasteiger partial charge is 0.325 e. The Morgan fingerprint density at radius 1 is 1.46 bits per heavy atom. The topological polar surface area (TPSA) is 65.7 Å². The van der Waals surface area contributed by atoms with Crippen molar-refractivity contribution >= 4 is 0 Å². The van der Waals surface area contributed by atoms with Gasteiger partial charge >= 0.3 is 5.69 Å². The van der Waals surface area contributed by atoms with Crippen molar-refractivity contribution in [2.45, 2.75) is 19.8 Å². The van der Waals surface area contributed by atoms with Crippen LogP contribution in [-0.4, -0.2) is 16.6 Å². The van der Waals surface area contributed by atoms with E-state index in [2.05, 4.69) is 4.98 Å². The minimum Gasteiger partial charge on any atom is -0.314 e. The van der Waals surface area contributed by atoms with E-state index >= 15 is 0 Å². The fourth-order valence-electron chi connectivity index (χ4n) is 0.516. The molecular weight excluding hydrogens is 175 g/mol. The fourth-order valence-corrected chi connectivity index (χ4v) is 0.516. The molecule has 0 amide bonds. The van der Waals surface area contributed by atoms with E-state index in [1.165, 1.54) is 12.3 Å². The molecule has 0 fully saturated rings. The molecule has 0 aliphatic carbocycles. The van der Waals surface area contributed by atoms with Crippen LogP contribution in [0.1, 0.15) is 19.8 Å². The SMILES string of the molecule is CCCCF.O=c1cc[nH]c(=O)[nH]1. The maximum absolute atomic E-state index is 11.0. The second-order valence-electron chi connectivity index (χ2n) is 2.34. The van der Waals surface area contributed by atoms with Gasteiger partial charge in [0.2, 0.25) is 0 Å². The number of unbranched alkanes of at least 4 members (excludes halogenated alkanes) is 1. The highest BCUT2D eigenvalue weighted by Gasteiger charge is 1.77. The smallest absolute Gasteiger partial charge is 0.314 e. The van der Waals surface area contributed by atoms with Gasteiger partial charge in [0.25, 0.3) is 5.56 Å². The molecule has 74 valence electrons. The lowest BCUT2D eigenvalue weighted by molar-refractivity contribution is 0.469. The van der Waals surface area contributed by atoms with Crippen LogP contribution >= 0.6 is 0 Å². The van der Waals surface area contributed by atoms with E-state index in [0.717, 1.165) is 12.8 Å². The molecule has 4 nitrogen and oxygen atoms in total. The van der Waals surface area contributed by atoms with Gasteiger partial charge in [-0.3, -0.25) is 14.2 Å². The third kappa shape index (κ3) is 6.99. The quantitative estimate of drug-likeness (QED) is 0.721. The minimum atomic E-state index is -0.475. The maximum Gasteiger partial charge on any atom is 0.325 e. The molecule has 0 saturated heterocycles. The summed E-state index contributed by atoms with van der Waals surface area (Å²) < 4.78 is 11.0. The number of rotatable bonds is 2. The van der Waals surface area contributed by atoms with Crippen LogP contribution < -0.4 is 11.2 Å². The van der Waals surface area contributed by atoms with Gasteiger partial charge < -0.3 is 4.98 Å². The van der Waals surface area contributed by atoms with Crippen LogP contribution in [0.3, 0.4) is 0 Å². The van der Waals surface area contributed by atoms with E-state index in [1.807, 2.05) is 11.9 Å². The number of alkyl halides is 1. The van der Waals surface area contributed by atoms with Crippen molar-refractivity contribution < 1.29 is 4.39 Å². The zero-order valence-corrected chi connectivity index (χ0v) is 7.47. The molecule has 0 aliphatic heterocycles. The summed E-state index contributed by atoms with van der Waals surface area (Å²) in [6.45, 7) is 1.82. The van der Waals surface area contributed by atoms with Crippen molar-refractivity contribution in [1.29, 1.82) is 0 Å². The molecule has 1 rings (SSSR count). The molecule has 0 bridgehead atoms. The summed E-state index contributed by atoms with van der Waals surface area (Å²) in [4.78, 5) is 24.7. The number of hydrogen-bond acceptors (Lipinski definition) is 2. The Labute approximate surface area is 74.8 Å². The highest BCUT2D eigenvalue weighted by atomic mass is 19.1. The van der Waals surface area contributed by atoms with Crippen LogP contribution in [0.25, 0.3) is 0 Å². The predicted molar refractivity (Wildman–Crippen MR) is 48.6 cm³/mol. The zero-order valence-electron chi connectivity index (χ0n) is 7.47. The summed E-state index contributed by atoms with van der Waals surface area (Å²) in [5.74, 6) is 0.